The van der Waals surface area contributed by atoms with E-state index in [-0.39, 0.29) is 24.9 Å². The minimum absolute atomic E-state index is 0.171. The van der Waals surface area contributed by atoms with Crippen LogP contribution in [0.4, 0.5) is 0 Å². The monoisotopic (exact) mass is 595 g/mol. The molecule has 0 amide bonds. The molecule has 0 aromatic heterocycles. The summed E-state index contributed by atoms with van der Waals surface area (Å²) in [6, 6.07) is 0. The smallest absolute Gasteiger partial charge is 0.177 e. The number of rotatable bonds is 17. The highest BCUT2D eigenvalue weighted by Crippen LogP contribution is 2.44. The largest absolute Gasteiger partial charge is 0.366 e. The van der Waals surface area contributed by atoms with Crippen LogP contribution in [0.1, 0.15) is 83.1 Å². The molecule has 0 aromatic rings. The number of aliphatic hydroxyl groups is 3. The minimum atomic E-state index is -1.66. The third-order valence-corrected chi connectivity index (χ3v) is 5.88. The zero-order chi connectivity index (χ0) is 31.6. The van der Waals surface area contributed by atoms with Gasteiger partial charge in [0.2, 0.25) is 0 Å². The van der Waals surface area contributed by atoms with Crippen LogP contribution in [0.5, 0.6) is 0 Å². The molecule has 1 saturated heterocycles. The fourth-order valence-electron chi connectivity index (χ4n) is 4.44. The average molecular weight is 596 g/mol. The Balaban J connectivity index is 4.11. The second kappa shape index (κ2) is 16.6. The molecule has 0 spiro atoms. The predicted octanol–water partition coefficient (Wildman–Crippen LogP) is 1.96. The SMILES string of the molecule is CC(C)OC(OC(C)(C)O)C(CN1CCNCCNCC1)(C(OC(C)C)OC(C)(C)O)C(OC(C)C)OC(C)(C)O. The van der Waals surface area contributed by atoms with Gasteiger partial charge in [0.15, 0.2) is 36.2 Å². The van der Waals surface area contributed by atoms with Crippen molar-refractivity contribution in [2.75, 3.05) is 45.8 Å². The van der Waals surface area contributed by atoms with Gasteiger partial charge in [0.05, 0.1) is 18.3 Å². The van der Waals surface area contributed by atoms with Crippen molar-refractivity contribution in [1.82, 2.24) is 15.5 Å². The van der Waals surface area contributed by atoms with Gasteiger partial charge in [0.1, 0.15) is 5.41 Å². The third-order valence-electron chi connectivity index (χ3n) is 5.88. The first-order valence-corrected chi connectivity index (χ1v) is 15.0. The maximum Gasteiger partial charge on any atom is 0.177 e. The summed E-state index contributed by atoms with van der Waals surface area (Å²) in [5, 5.41) is 39.8. The molecule has 41 heavy (non-hydrogen) atoms. The van der Waals surface area contributed by atoms with Gasteiger partial charge in [-0.2, -0.15) is 0 Å². The van der Waals surface area contributed by atoms with E-state index in [1.807, 2.05) is 41.5 Å². The first-order chi connectivity index (χ1) is 18.6. The van der Waals surface area contributed by atoms with Crippen LogP contribution in [0.25, 0.3) is 0 Å². The Labute approximate surface area is 248 Å². The highest BCUT2D eigenvalue weighted by atomic mass is 16.8. The highest BCUT2D eigenvalue weighted by Gasteiger charge is 2.61. The van der Waals surface area contributed by atoms with E-state index in [0.29, 0.717) is 26.2 Å². The van der Waals surface area contributed by atoms with Gasteiger partial charge < -0.3 is 54.4 Å². The van der Waals surface area contributed by atoms with Crippen molar-refractivity contribution in [2.24, 2.45) is 5.41 Å². The molecule has 1 rings (SSSR count). The van der Waals surface area contributed by atoms with Gasteiger partial charge in [-0.1, -0.05) is 0 Å². The van der Waals surface area contributed by atoms with Crippen molar-refractivity contribution in [1.29, 1.82) is 0 Å². The second-order valence-electron chi connectivity index (χ2n) is 13.1. The number of ether oxygens (including phenoxy) is 6. The first-order valence-electron chi connectivity index (χ1n) is 15.0. The summed E-state index contributed by atoms with van der Waals surface area (Å²) in [5.41, 5.74) is -1.53. The summed E-state index contributed by atoms with van der Waals surface area (Å²) in [6.07, 6.45) is -4.88. The standard InChI is InChI=1S/C29H61N3O9/c1-20(2)36-23(39-26(7,8)33)29(24(37-21(3)4)40-27(9,10)34,25(38-22(5)6)41-28(11,12)35)19-32-17-15-30-13-14-31-16-18-32/h20-25,30-31,33-35H,13-19H2,1-12H3. The van der Waals surface area contributed by atoms with Gasteiger partial charge in [-0.15, -0.1) is 0 Å². The Morgan fingerprint density at radius 2 is 0.854 bits per heavy atom. The molecule has 3 atom stereocenters. The molecule has 12 nitrogen and oxygen atoms in total. The lowest BCUT2D eigenvalue weighted by Gasteiger charge is -2.53. The summed E-state index contributed by atoms with van der Waals surface area (Å²) in [5.74, 6) is -4.97. The van der Waals surface area contributed by atoms with Crippen LogP contribution in [-0.2, 0) is 28.4 Å². The summed E-state index contributed by atoms with van der Waals surface area (Å²) in [4.78, 5) is 2.19. The number of nitrogens with one attached hydrogen (secondary N) is 2. The van der Waals surface area contributed by atoms with Crippen LogP contribution >= 0.6 is 0 Å². The van der Waals surface area contributed by atoms with Gasteiger partial charge in [0, 0.05) is 45.8 Å². The number of hydrogen-bond acceptors (Lipinski definition) is 12. The molecule has 1 heterocycles. The Morgan fingerprint density at radius 3 is 1.10 bits per heavy atom. The maximum absolute atomic E-state index is 11.0. The molecule has 5 N–H and O–H groups in total. The molecule has 0 saturated carbocycles. The van der Waals surface area contributed by atoms with E-state index in [1.165, 1.54) is 41.5 Å². The van der Waals surface area contributed by atoms with Crippen molar-refractivity contribution in [3.63, 3.8) is 0 Å². The molecular weight excluding hydrogens is 534 g/mol. The lowest BCUT2D eigenvalue weighted by atomic mass is 9.82. The lowest BCUT2D eigenvalue weighted by Crippen LogP contribution is -2.67. The molecule has 246 valence electrons. The van der Waals surface area contributed by atoms with Gasteiger partial charge in [0.25, 0.3) is 0 Å². The normalized spacial score (nSPS) is 20.9. The first kappa shape index (κ1) is 38.5. The molecule has 3 unspecified atom stereocenters. The van der Waals surface area contributed by atoms with Crippen LogP contribution in [0.3, 0.4) is 0 Å². The molecule has 0 aromatic carbocycles. The van der Waals surface area contributed by atoms with Crippen LogP contribution in [0, 0.1) is 5.41 Å². The van der Waals surface area contributed by atoms with E-state index in [9.17, 15) is 15.3 Å². The quantitative estimate of drug-likeness (QED) is 0.157. The number of hydrogen-bond donors (Lipinski definition) is 5. The van der Waals surface area contributed by atoms with E-state index in [0.717, 1.165) is 13.1 Å². The average Bonchev–Trinajstić information content (AvgIpc) is 2.86. The van der Waals surface area contributed by atoms with Crippen molar-refractivity contribution < 1.29 is 43.7 Å². The van der Waals surface area contributed by atoms with E-state index in [4.69, 9.17) is 28.4 Å². The lowest BCUT2D eigenvalue weighted by molar-refractivity contribution is -0.436. The summed E-state index contributed by atoms with van der Waals surface area (Å²) in [7, 11) is 0. The van der Waals surface area contributed by atoms with Crippen molar-refractivity contribution in [3.05, 3.63) is 0 Å². The van der Waals surface area contributed by atoms with Gasteiger partial charge in [-0.25, -0.2) is 0 Å². The van der Waals surface area contributed by atoms with Crippen LogP contribution in [0.15, 0.2) is 0 Å². The van der Waals surface area contributed by atoms with Crippen molar-refractivity contribution in [2.45, 2.75) is 138 Å². The molecule has 0 aliphatic carbocycles. The Morgan fingerprint density at radius 1 is 0.561 bits per heavy atom. The summed E-state index contributed by atoms with van der Waals surface area (Å²) in [6.45, 7) is 24.7. The topological polar surface area (TPSA) is 143 Å². The molecular formula is C29H61N3O9. The van der Waals surface area contributed by atoms with Gasteiger partial charge >= 0.3 is 0 Å². The van der Waals surface area contributed by atoms with Crippen LogP contribution in [-0.4, -0.2) is 121 Å². The Kier molecular flexibility index (Phi) is 15.6. The molecule has 1 fully saturated rings. The minimum Gasteiger partial charge on any atom is -0.366 e. The van der Waals surface area contributed by atoms with Crippen molar-refractivity contribution >= 4 is 0 Å². The summed E-state index contributed by atoms with van der Waals surface area (Å²) >= 11 is 0. The fraction of sp³-hybridized carbons (Fsp3) is 1.00. The third kappa shape index (κ3) is 15.2. The van der Waals surface area contributed by atoms with Crippen LogP contribution in [0.2, 0.25) is 0 Å². The number of nitrogens with zero attached hydrogens (tertiary/aromatic N) is 1. The Hall–Kier alpha value is -0.480. The Bertz CT molecular complexity index is 634. The van der Waals surface area contributed by atoms with Gasteiger partial charge in [-0.3, -0.25) is 4.90 Å². The summed E-state index contributed by atoms with van der Waals surface area (Å²) < 4.78 is 38.2. The van der Waals surface area contributed by atoms with E-state index in [2.05, 4.69) is 15.5 Å². The molecule has 12 heteroatoms. The van der Waals surface area contributed by atoms with E-state index >= 15 is 0 Å². The maximum atomic E-state index is 11.0. The zero-order valence-electron chi connectivity index (χ0n) is 27.7. The fourth-order valence-corrected chi connectivity index (χ4v) is 4.44. The molecule has 0 bridgehead atoms. The van der Waals surface area contributed by atoms with Crippen LogP contribution < -0.4 is 10.6 Å². The molecule has 1 aliphatic rings. The molecule has 1 aliphatic heterocycles. The van der Waals surface area contributed by atoms with Crippen molar-refractivity contribution in [3.8, 4) is 0 Å². The second-order valence-corrected chi connectivity index (χ2v) is 13.1. The molecule has 0 radical (unpaired) electrons. The zero-order valence-corrected chi connectivity index (χ0v) is 27.7. The van der Waals surface area contributed by atoms with E-state index in [1.54, 1.807) is 0 Å². The van der Waals surface area contributed by atoms with Gasteiger partial charge in [-0.05, 0) is 83.1 Å². The predicted molar refractivity (Wildman–Crippen MR) is 157 cm³/mol. The van der Waals surface area contributed by atoms with E-state index < -0.39 is 41.6 Å². The highest BCUT2D eigenvalue weighted by molar-refractivity contribution is 4.97.